The molecule has 0 atom stereocenters. The average molecular weight is 632 g/mol. The van der Waals surface area contributed by atoms with Crippen LogP contribution in [0.25, 0.3) is 0 Å². The zero-order chi connectivity index (χ0) is 25.6. The molecule has 0 aliphatic carbocycles. The molecule has 0 bridgehead atoms. The van der Waals surface area contributed by atoms with Gasteiger partial charge in [0.05, 0.1) is 11.9 Å². The molecule has 0 aromatic heterocycles. The fraction of sp³-hybridized carbons (Fsp3) is 0.900. The van der Waals surface area contributed by atoms with E-state index in [2.05, 4.69) is 13.8 Å². The zero-order valence-corrected chi connectivity index (χ0v) is 26.2. The van der Waals surface area contributed by atoms with Crippen LogP contribution in [-0.2, 0) is 9.59 Å². The van der Waals surface area contributed by atoms with Gasteiger partial charge in [0, 0.05) is 0 Å². The second-order valence-electron chi connectivity index (χ2n) is 7.46. The van der Waals surface area contributed by atoms with Gasteiger partial charge in [0.2, 0.25) is 0 Å². The van der Waals surface area contributed by atoms with Crippen LogP contribution >= 0.6 is 92.8 Å². The molecular formula is C20H30Cl8Li2O4. The number of unbranched alkanes of at least 4 members (excludes halogenated alkanes) is 8. The van der Waals surface area contributed by atoms with Gasteiger partial charge in [-0.25, -0.2) is 0 Å². The predicted molar refractivity (Wildman–Crippen MR) is 135 cm³/mol. The van der Waals surface area contributed by atoms with Crippen LogP contribution in [0.2, 0.25) is 0 Å². The molecule has 34 heavy (non-hydrogen) atoms. The fourth-order valence-electron chi connectivity index (χ4n) is 2.51. The van der Waals surface area contributed by atoms with Gasteiger partial charge in [-0.3, -0.25) is 0 Å². The quantitative estimate of drug-likeness (QED) is 0.144. The number of carbonyl (C=O) groups is 2. The van der Waals surface area contributed by atoms with E-state index in [0.717, 1.165) is 51.4 Å². The van der Waals surface area contributed by atoms with Crippen molar-refractivity contribution in [1.29, 1.82) is 0 Å². The summed E-state index contributed by atoms with van der Waals surface area (Å²) >= 11 is 45.4. The zero-order valence-electron chi connectivity index (χ0n) is 20.1. The fourth-order valence-corrected chi connectivity index (χ4v) is 3.73. The molecule has 0 aliphatic heterocycles. The Morgan fingerprint density at radius 2 is 0.765 bits per heavy atom. The Kier molecular flexibility index (Phi) is 27.3. The minimum atomic E-state index is -2.28. The van der Waals surface area contributed by atoms with Crippen molar-refractivity contribution >= 4 is 105 Å². The largest absolute Gasteiger partial charge is 1.00 e. The topological polar surface area (TPSA) is 80.3 Å². The molecule has 0 saturated heterocycles. The Morgan fingerprint density at radius 1 is 0.529 bits per heavy atom. The summed E-state index contributed by atoms with van der Waals surface area (Å²) in [6.07, 6.45) is 10.3. The van der Waals surface area contributed by atoms with Crippen molar-refractivity contribution in [2.45, 2.75) is 108 Å². The van der Waals surface area contributed by atoms with Gasteiger partial charge in [-0.1, -0.05) is 171 Å². The van der Waals surface area contributed by atoms with E-state index in [1.165, 1.54) is 0 Å². The summed E-state index contributed by atoms with van der Waals surface area (Å²) < 4.78 is -8.00. The summed E-state index contributed by atoms with van der Waals surface area (Å²) in [6, 6.07) is 0. The van der Waals surface area contributed by atoms with E-state index in [-0.39, 0.29) is 50.6 Å². The summed E-state index contributed by atoms with van der Waals surface area (Å²) in [5, 5.41) is 21.3. The summed E-state index contributed by atoms with van der Waals surface area (Å²) in [7, 11) is 0. The van der Waals surface area contributed by atoms with Gasteiger partial charge in [0.1, 0.15) is 0 Å². The van der Waals surface area contributed by atoms with Crippen molar-refractivity contribution in [3.63, 3.8) is 0 Å². The van der Waals surface area contributed by atoms with Crippen LogP contribution < -0.4 is 47.9 Å². The summed E-state index contributed by atoms with van der Waals surface area (Å²) in [4.78, 5) is 21.3. The Labute approximate surface area is 268 Å². The van der Waals surface area contributed by atoms with Crippen LogP contribution in [0.3, 0.4) is 0 Å². The first-order valence-electron chi connectivity index (χ1n) is 10.4. The first-order chi connectivity index (χ1) is 14.5. The molecule has 0 rings (SSSR count). The first kappa shape index (κ1) is 43.5. The molecular weight excluding hydrogens is 602 g/mol. The first-order valence-corrected chi connectivity index (χ1v) is 13.5. The number of hydrogen-bond acceptors (Lipinski definition) is 4. The molecule has 0 heterocycles. The van der Waals surface area contributed by atoms with Crippen LogP contribution in [0.4, 0.5) is 0 Å². The van der Waals surface area contributed by atoms with E-state index in [4.69, 9.17) is 92.8 Å². The smallest absolute Gasteiger partial charge is 0.547 e. The number of rotatable bonds is 16. The monoisotopic (exact) mass is 628 g/mol. The Hall–Kier alpha value is 2.45. The number of carboxylic acids is 2. The van der Waals surface area contributed by atoms with Gasteiger partial charge in [0.25, 0.3) is 0 Å². The molecule has 0 N–H and O–H groups in total. The van der Waals surface area contributed by atoms with E-state index in [1.807, 2.05) is 0 Å². The van der Waals surface area contributed by atoms with Gasteiger partial charge < -0.3 is 19.8 Å². The van der Waals surface area contributed by atoms with E-state index >= 15 is 0 Å². The van der Waals surface area contributed by atoms with Crippen molar-refractivity contribution in [1.82, 2.24) is 0 Å². The Bertz CT molecular complexity index is 517. The number of hydrogen-bond donors (Lipinski definition) is 0. The maximum Gasteiger partial charge on any atom is 1.00 e. The van der Waals surface area contributed by atoms with Crippen molar-refractivity contribution in [2.75, 3.05) is 0 Å². The second-order valence-corrected chi connectivity index (χ2v) is 13.1. The molecule has 0 fully saturated rings. The van der Waals surface area contributed by atoms with Crippen LogP contribution in [0, 0.1) is 0 Å². The second kappa shape index (κ2) is 21.3. The van der Waals surface area contributed by atoms with Crippen molar-refractivity contribution in [3.8, 4) is 0 Å². The van der Waals surface area contributed by atoms with Gasteiger partial charge >= 0.3 is 37.7 Å². The third-order valence-corrected chi connectivity index (χ3v) is 9.19. The minimum absolute atomic E-state index is 0. The maximum atomic E-state index is 10.7. The molecule has 0 aromatic carbocycles. The molecule has 0 saturated carbocycles. The molecule has 0 aromatic rings. The summed E-state index contributed by atoms with van der Waals surface area (Å²) in [6.45, 7) is 4.21. The number of aliphatic carboxylic acids is 2. The van der Waals surface area contributed by atoms with Gasteiger partial charge in [-0.15, -0.1) is 0 Å². The third-order valence-electron chi connectivity index (χ3n) is 4.62. The van der Waals surface area contributed by atoms with Crippen molar-refractivity contribution < 1.29 is 57.5 Å². The summed E-state index contributed by atoms with van der Waals surface area (Å²) in [5.74, 6) is -3.34. The van der Waals surface area contributed by atoms with Crippen molar-refractivity contribution in [3.05, 3.63) is 0 Å². The van der Waals surface area contributed by atoms with Crippen molar-refractivity contribution in [2.24, 2.45) is 0 Å². The molecule has 192 valence electrons. The van der Waals surface area contributed by atoms with E-state index in [1.54, 1.807) is 0 Å². The average Bonchev–Trinajstić information content (AvgIpc) is 2.67. The molecule has 0 radical (unpaired) electrons. The van der Waals surface area contributed by atoms with Crippen LogP contribution in [0.1, 0.15) is 90.9 Å². The Morgan fingerprint density at radius 3 is 0.971 bits per heavy atom. The van der Waals surface area contributed by atoms with Crippen LogP contribution in [0.5, 0.6) is 0 Å². The standard InChI is InChI=1S/2C10H16Cl4O2.2Li/c2*1-2-3-4-5-6-7-9(11,12)10(13,14)8(15)16;;/h2*2-7H2,1H3,(H,15,16);;/q;;2*+1/p-2. The maximum absolute atomic E-state index is 10.7. The number of halogens is 8. The third kappa shape index (κ3) is 16.4. The van der Waals surface area contributed by atoms with E-state index < -0.39 is 29.3 Å². The predicted octanol–water partition coefficient (Wildman–Crippen LogP) is 0.897. The molecule has 4 nitrogen and oxygen atoms in total. The van der Waals surface area contributed by atoms with Gasteiger partial charge in [-0.05, 0) is 12.8 Å². The Balaban J connectivity index is -0.000000250. The summed E-state index contributed by atoms with van der Waals surface area (Å²) in [5.41, 5.74) is 0. The molecule has 0 aliphatic rings. The minimum Gasteiger partial charge on any atom is -0.547 e. The molecule has 0 spiro atoms. The number of carboxylic acid groups (broad SMARTS) is 2. The normalized spacial score (nSPS) is 12.1. The van der Waals surface area contributed by atoms with Crippen LogP contribution in [-0.4, -0.2) is 29.3 Å². The van der Waals surface area contributed by atoms with E-state index in [0.29, 0.717) is 12.8 Å². The number of carbonyl (C=O) groups excluding carboxylic acids is 2. The van der Waals surface area contributed by atoms with Gasteiger partial charge in [0.15, 0.2) is 17.3 Å². The van der Waals surface area contributed by atoms with Crippen LogP contribution in [0.15, 0.2) is 0 Å². The molecule has 14 heteroatoms. The van der Waals surface area contributed by atoms with E-state index in [9.17, 15) is 19.8 Å². The molecule has 0 unspecified atom stereocenters. The molecule has 0 amide bonds. The van der Waals surface area contributed by atoms with Gasteiger partial charge in [-0.2, -0.15) is 0 Å². The SMILES string of the molecule is CCCCCCCC(Cl)(Cl)C(Cl)(Cl)C(=O)[O-].CCCCCCCC(Cl)(Cl)C(Cl)(Cl)C(=O)[O-].[Li+].[Li+]. The number of alkyl halides is 8.